The zero-order chi connectivity index (χ0) is 11.5. The number of carbonyl (C=O) groups excluding carboxylic acids is 1. The van der Waals surface area contributed by atoms with Crippen molar-refractivity contribution in [1.29, 1.82) is 0 Å². The second kappa shape index (κ2) is 4.86. The number of nitrogens with one attached hydrogen (secondary N) is 1. The summed E-state index contributed by atoms with van der Waals surface area (Å²) in [6.45, 7) is 0.569. The number of benzene rings is 1. The van der Waals surface area contributed by atoms with Crippen LogP contribution in [0, 0.1) is 0 Å². The normalized spacial score (nSPS) is 16.5. The van der Waals surface area contributed by atoms with Gasteiger partial charge in [0.15, 0.2) is 0 Å². The van der Waals surface area contributed by atoms with E-state index in [1.54, 1.807) is 11.8 Å². The van der Waals surface area contributed by atoms with Crippen molar-refractivity contribution in [1.82, 2.24) is 0 Å². The van der Waals surface area contributed by atoms with Gasteiger partial charge in [-0.15, -0.1) is 11.8 Å². The smallest absolute Gasteiger partial charge is 0.234 e. The van der Waals surface area contributed by atoms with Crippen LogP contribution in [0.5, 0.6) is 0 Å². The van der Waals surface area contributed by atoms with E-state index in [4.69, 9.17) is 11.5 Å². The molecule has 1 unspecified atom stereocenters. The number of thioether (sulfide) groups is 1. The Kier molecular flexibility index (Phi) is 3.48. The standard InChI is InChI=1S/C11H15N3OS/c12-4-3-8(13)7-1-2-10-9(5-7)14-11(15)6-16-10/h1-2,5,8H,3-4,6,12-13H2,(H,14,15). The monoisotopic (exact) mass is 237 g/mol. The molecule has 1 aromatic carbocycles. The fourth-order valence-corrected chi connectivity index (χ4v) is 2.47. The van der Waals surface area contributed by atoms with Gasteiger partial charge in [0.05, 0.1) is 11.4 Å². The molecule has 1 heterocycles. The van der Waals surface area contributed by atoms with E-state index in [0.717, 1.165) is 22.6 Å². The molecule has 1 atom stereocenters. The molecule has 5 heteroatoms. The van der Waals surface area contributed by atoms with Crippen molar-refractivity contribution in [2.45, 2.75) is 17.4 Å². The van der Waals surface area contributed by atoms with Gasteiger partial charge in [-0.1, -0.05) is 6.07 Å². The molecule has 0 radical (unpaired) electrons. The van der Waals surface area contributed by atoms with Crippen LogP contribution in [0.4, 0.5) is 5.69 Å². The maximum Gasteiger partial charge on any atom is 0.234 e. The molecule has 4 nitrogen and oxygen atoms in total. The molecule has 1 aliphatic heterocycles. The summed E-state index contributed by atoms with van der Waals surface area (Å²) in [4.78, 5) is 12.3. The zero-order valence-corrected chi connectivity index (χ0v) is 9.72. The number of carbonyl (C=O) groups is 1. The van der Waals surface area contributed by atoms with Gasteiger partial charge in [-0.25, -0.2) is 0 Å². The lowest BCUT2D eigenvalue weighted by molar-refractivity contribution is -0.113. The predicted molar refractivity (Wildman–Crippen MR) is 66.4 cm³/mol. The summed E-state index contributed by atoms with van der Waals surface area (Å²) in [6.07, 6.45) is 0.750. The van der Waals surface area contributed by atoms with Gasteiger partial charge in [-0.3, -0.25) is 4.79 Å². The van der Waals surface area contributed by atoms with E-state index in [1.165, 1.54) is 0 Å². The first kappa shape index (κ1) is 11.4. The molecule has 0 saturated carbocycles. The molecule has 1 aromatic rings. The van der Waals surface area contributed by atoms with Gasteiger partial charge in [-0.05, 0) is 30.7 Å². The predicted octanol–water partition coefficient (Wildman–Crippen LogP) is 1.08. The van der Waals surface area contributed by atoms with Crippen LogP contribution >= 0.6 is 11.8 Å². The highest BCUT2D eigenvalue weighted by molar-refractivity contribution is 8.00. The first-order valence-corrected chi connectivity index (χ1v) is 6.21. The summed E-state index contributed by atoms with van der Waals surface area (Å²) < 4.78 is 0. The summed E-state index contributed by atoms with van der Waals surface area (Å²) in [5.41, 5.74) is 13.3. The molecule has 16 heavy (non-hydrogen) atoms. The van der Waals surface area contributed by atoms with Crippen molar-refractivity contribution in [2.75, 3.05) is 17.6 Å². The van der Waals surface area contributed by atoms with Gasteiger partial charge < -0.3 is 16.8 Å². The van der Waals surface area contributed by atoms with Gasteiger partial charge in [0.25, 0.3) is 0 Å². The molecule has 0 saturated heterocycles. The van der Waals surface area contributed by atoms with E-state index in [0.29, 0.717) is 12.3 Å². The van der Waals surface area contributed by atoms with E-state index < -0.39 is 0 Å². The lowest BCUT2D eigenvalue weighted by Gasteiger charge is -2.19. The Morgan fingerprint density at radius 1 is 1.50 bits per heavy atom. The number of nitrogens with two attached hydrogens (primary N) is 2. The molecular weight excluding hydrogens is 222 g/mol. The molecular formula is C11H15N3OS. The summed E-state index contributed by atoms with van der Waals surface area (Å²) in [7, 11) is 0. The Hall–Kier alpha value is -1.04. The minimum Gasteiger partial charge on any atom is -0.330 e. The van der Waals surface area contributed by atoms with Crippen LogP contribution in [0.2, 0.25) is 0 Å². The van der Waals surface area contributed by atoms with Crippen molar-refractivity contribution in [2.24, 2.45) is 11.5 Å². The molecule has 1 aliphatic rings. The van der Waals surface area contributed by atoms with Gasteiger partial charge >= 0.3 is 0 Å². The Morgan fingerprint density at radius 2 is 2.31 bits per heavy atom. The molecule has 86 valence electrons. The number of rotatable bonds is 3. The van der Waals surface area contributed by atoms with Crippen LogP contribution in [0.25, 0.3) is 0 Å². The van der Waals surface area contributed by atoms with E-state index in [9.17, 15) is 4.79 Å². The molecule has 2 rings (SSSR count). The van der Waals surface area contributed by atoms with Crippen molar-refractivity contribution in [3.05, 3.63) is 23.8 Å². The Balaban J connectivity index is 2.24. The van der Waals surface area contributed by atoms with Crippen LogP contribution in [-0.2, 0) is 4.79 Å². The second-order valence-corrected chi connectivity index (χ2v) is 4.79. The highest BCUT2D eigenvalue weighted by Crippen LogP contribution is 2.33. The second-order valence-electron chi connectivity index (χ2n) is 3.78. The topological polar surface area (TPSA) is 81.1 Å². The number of anilines is 1. The molecule has 0 aliphatic carbocycles. The Labute approximate surface area is 98.8 Å². The third kappa shape index (κ3) is 2.37. The highest BCUT2D eigenvalue weighted by atomic mass is 32.2. The van der Waals surface area contributed by atoms with E-state index in [2.05, 4.69) is 5.32 Å². The molecule has 0 aromatic heterocycles. The maximum absolute atomic E-state index is 11.2. The lowest BCUT2D eigenvalue weighted by atomic mass is 10.0. The van der Waals surface area contributed by atoms with Crippen molar-refractivity contribution < 1.29 is 4.79 Å². The van der Waals surface area contributed by atoms with Crippen LogP contribution in [0.15, 0.2) is 23.1 Å². The van der Waals surface area contributed by atoms with Gasteiger partial charge in [0.1, 0.15) is 0 Å². The fourth-order valence-electron chi connectivity index (χ4n) is 1.68. The lowest BCUT2D eigenvalue weighted by Crippen LogP contribution is -2.20. The van der Waals surface area contributed by atoms with Crippen molar-refractivity contribution >= 4 is 23.4 Å². The molecule has 0 fully saturated rings. The minimum atomic E-state index is -0.0564. The summed E-state index contributed by atoms with van der Waals surface area (Å²) in [6, 6.07) is 5.90. The number of amides is 1. The largest absolute Gasteiger partial charge is 0.330 e. The zero-order valence-electron chi connectivity index (χ0n) is 8.90. The van der Waals surface area contributed by atoms with Gasteiger partial charge in [-0.2, -0.15) is 0 Å². The van der Waals surface area contributed by atoms with Crippen molar-refractivity contribution in [3.8, 4) is 0 Å². The summed E-state index contributed by atoms with van der Waals surface area (Å²) in [5.74, 6) is 0.531. The van der Waals surface area contributed by atoms with Crippen molar-refractivity contribution in [3.63, 3.8) is 0 Å². The molecule has 0 spiro atoms. The van der Waals surface area contributed by atoms with E-state index >= 15 is 0 Å². The number of hydrogen-bond donors (Lipinski definition) is 3. The summed E-state index contributed by atoms with van der Waals surface area (Å²) >= 11 is 1.55. The van der Waals surface area contributed by atoms with Crippen LogP contribution < -0.4 is 16.8 Å². The van der Waals surface area contributed by atoms with Gasteiger partial charge in [0, 0.05) is 10.9 Å². The third-order valence-corrected chi connectivity index (χ3v) is 3.62. The third-order valence-electron chi connectivity index (χ3n) is 2.54. The molecule has 1 amide bonds. The van der Waals surface area contributed by atoms with E-state index in [1.807, 2.05) is 18.2 Å². The highest BCUT2D eigenvalue weighted by Gasteiger charge is 2.16. The first-order valence-electron chi connectivity index (χ1n) is 5.23. The quantitative estimate of drug-likeness (QED) is 0.734. The van der Waals surface area contributed by atoms with Gasteiger partial charge in [0.2, 0.25) is 5.91 Å². The molecule has 0 bridgehead atoms. The fraction of sp³-hybridized carbons (Fsp3) is 0.364. The Morgan fingerprint density at radius 3 is 3.06 bits per heavy atom. The SMILES string of the molecule is NCCC(N)c1ccc2c(c1)NC(=O)CS2. The van der Waals surface area contributed by atoms with Crippen LogP contribution in [0.1, 0.15) is 18.0 Å². The first-order chi connectivity index (χ1) is 7.70. The average Bonchev–Trinajstić information content (AvgIpc) is 2.28. The Bertz CT molecular complexity index is 408. The molecule has 5 N–H and O–H groups in total. The number of hydrogen-bond acceptors (Lipinski definition) is 4. The maximum atomic E-state index is 11.2. The van der Waals surface area contributed by atoms with E-state index in [-0.39, 0.29) is 11.9 Å². The summed E-state index contributed by atoms with van der Waals surface area (Å²) in [5, 5.41) is 2.85. The van der Waals surface area contributed by atoms with Crippen LogP contribution in [0.3, 0.4) is 0 Å². The average molecular weight is 237 g/mol. The minimum absolute atomic E-state index is 0.0436. The van der Waals surface area contributed by atoms with Crippen LogP contribution in [-0.4, -0.2) is 18.2 Å². The number of fused-ring (bicyclic) bond motifs is 1.